The minimum atomic E-state index is -5.08. The van der Waals surface area contributed by atoms with Gasteiger partial charge in [0.05, 0.1) is 19.3 Å². The maximum absolute atomic E-state index is 10.6. The van der Waals surface area contributed by atoms with Crippen LogP contribution in [0.1, 0.15) is 12.8 Å². The van der Waals surface area contributed by atoms with E-state index in [0.29, 0.717) is 17.7 Å². The Bertz CT molecular complexity index is 1090. The van der Waals surface area contributed by atoms with Gasteiger partial charge in [-0.1, -0.05) is 6.07 Å². The zero-order chi connectivity index (χ0) is 30.1. The first-order valence-corrected chi connectivity index (χ1v) is 11.5. The standard InChI is InChI=1S/C19H25N5O2.2C2HF3O2/c1-23-8-6-15(11-26-17-5-3-4-7-20-17)10-19(23)12-24(13-19)16-9-18(25-2)22-14-21-16;2*3-2(4,5)1(6)7/h3-5,7,9,14-15H,6,8,10-13H2,1-2H3;2*(H,6,7). The molecule has 2 aromatic heterocycles. The summed E-state index contributed by atoms with van der Waals surface area (Å²) in [4.78, 5) is 35.3. The van der Waals surface area contributed by atoms with E-state index in [4.69, 9.17) is 29.3 Å². The van der Waals surface area contributed by atoms with E-state index in [1.807, 2.05) is 24.3 Å². The minimum Gasteiger partial charge on any atom is -0.481 e. The van der Waals surface area contributed by atoms with Gasteiger partial charge in [-0.05, 0) is 38.4 Å². The number of carboxylic acids is 2. The third-order valence-electron chi connectivity index (χ3n) is 6.07. The lowest BCUT2D eigenvalue weighted by Gasteiger charge is -2.58. The Labute approximate surface area is 224 Å². The molecule has 0 bridgehead atoms. The molecule has 2 aliphatic rings. The summed E-state index contributed by atoms with van der Waals surface area (Å²) in [7, 11) is 3.86. The van der Waals surface area contributed by atoms with Crippen molar-refractivity contribution in [1.29, 1.82) is 0 Å². The molecule has 222 valence electrons. The van der Waals surface area contributed by atoms with Crippen molar-refractivity contribution in [2.75, 3.05) is 45.3 Å². The number of hydrogen-bond donors (Lipinski definition) is 2. The molecule has 1 spiro atoms. The Kier molecular flexibility index (Phi) is 10.9. The number of piperidine rings is 1. The number of anilines is 1. The van der Waals surface area contributed by atoms with Crippen LogP contribution in [0.3, 0.4) is 0 Å². The second kappa shape index (κ2) is 13.5. The number of halogens is 6. The fraction of sp³-hybridized carbons (Fsp3) is 0.522. The molecule has 0 aromatic carbocycles. The molecule has 2 aromatic rings. The first kappa shape index (κ1) is 32.3. The molecule has 2 saturated heterocycles. The highest BCUT2D eigenvalue weighted by atomic mass is 19.4. The highest BCUT2D eigenvalue weighted by Crippen LogP contribution is 2.40. The molecule has 2 fully saturated rings. The lowest BCUT2D eigenvalue weighted by atomic mass is 9.75. The number of ether oxygens (including phenoxy) is 2. The zero-order valence-electron chi connectivity index (χ0n) is 21.3. The number of carbonyl (C=O) groups is 2. The molecule has 0 radical (unpaired) electrons. The Morgan fingerprint density at radius 3 is 2.12 bits per heavy atom. The fourth-order valence-corrected chi connectivity index (χ4v) is 4.00. The third kappa shape index (κ3) is 9.39. The number of likely N-dealkylation sites (N-methyl/N-ethyl adjacent to an activating group) is 1. The van der Waals surface area contributed by atoms with E-state index >= 15 is 0 Å². The van der Waals surface area contributed by atoms with Crippen LogP contribution in [-0.4, -0.2) is 100 Å². The molecule has 0 saturated carbocycles. The quantitative estimate of drug-likeness (QED) is 0.502. The van der Waals surface area contributed by atoms with E-state index in [0.717, 1.165) is 44.9 Å². The molecule has 2 aliphatic heterocycles. The first-order chi connectivity index (χ1) is 18.6. The summed E-state index contributed by atoms with van der Waals surface area (Å²) in [6, 6.07) is 7.68. The van der Waals surface area contributed by atoms with Crippen molar-refractivity contribution in [3.05, 3.63) is 36.8 Å². The number of alkyl halides is 6. The summed E-state index contributed by atoms with van der Waals surface area (Å²) >= 11 is 0. The van der Waals surface area contributed by atoms with Gasteiger partial charge in [0.1, 0.15) is 12.1 Å². The Balaban J connectivity index is 0.000000333. The molecule has 0 aliphatic carbocycles. The number of likely N-dealkylation sites (tertiary alicyclic amines) is 1. The van der Waals surface area contributed by atoms with Crippen LogP contribution in [0.25, 0.3) is 0 Å². The largest absolute Gasteiger partial charge is 0.490 e. The van der Waals surface area contributed by atoms with Gasteiger partial charge in [0.25, 0.3) is 0 Å². The van der Waals surface area contributed by atoms with Gasteiger partial charge >= 0.3 is 24.3 Å². The maximum Gasteiger partial charge on any atom is 0.490 e. The predicted molar refractivity (Wildman–Crippen MR) is 126 cm³/mol. The highest BCUT2D eigenvalue weighted by molar-refractivity contribution is 5.73. The van der Waals surface area contributed by atoms with Crippen LogP contribution < -0.4 is 14.4 Å². The van der Waals surface area contributed by atoms with Gasteiger partial charge < -0.3 is 24.6 Å². The molecule has 40 heavy (non-hydrogen) atoms. The molecule has 4 rings (SSSR count). The van der Waals surface area contributed by atoms with Crippen LogP contribution in [0.4, 0.5) is 32.2 Å². The molecule has 1 unspecified atom stereocenters. The van der Waals surface area contributed by atoms with Gasteiger partial charge in [0, 0.05) is 31.4 Å². The predicted octanol–water partition coefficient (Wildman–Crippen LogP) is 3.13. The van der Waals surface area contributed by atoms with Crippen LogP contribution in [0, 0.1) is 5.92 Å². The van der Waals surface area contributed by atoms with Crippen LogP contribution in [0.5, 0.6) is 11.8 Å². The van der Waals surface area contributed by atoms with Gasteiger partial charge in [-0.25, -0.2) is 24.5 Å². The smallest absolute Gasteiger partial charge is 0.481 e. The summed E-state index contributed by atoms with van der Waals surface area (Å²) < 4.78 is 74.6. The van der Waals surface area contributed by atoms with Crippen molar-refractivity contribution in [3.63, 3.8) is 0 Å². The Morgan fingerprint density at radius 1 is 1.02 bits per heavy atom. The summed E-state index contributed by atoms with van der Waals surface area (Å²) in [6.45, 7) is 3.78. The molecular weight excluding hydrogens is 556 g/mol. The van der Waals surface area contributed by atoms with Gasteiger partial charge in [0.2, 0.25) is 11.8 Å². The third-order valence-corrected chi connectivity index (χ3v) is 6.07. The summed E-state index contributed by atoms with van der Waals surface area (Å²) in [6.07, 6.45) is -4.54. The number of hydrogen-bond acceptors (Lipinski definition) is 9. The topological polar surface area (TPSA) is 138 Å². The SMILES string of the molecule is COc1cc(N2CC3(CC(COc4ccccn4)CCN3C)C2)ncn1.O=C(O)C(F)(F)F.O=C(O)C(F)(F)F. The molecular formula is C23H27F6N5O6. The normalized spacial score (nSPS) is 18.3. The van der Waals surface area contributed by atoms with E-state index in [1.54, 1.807) is 19.6 Å². The summed E-state index contributed by atoms with van der Waals surface area (Å²) in [5, 5.41) is 14.2. The van der Waals surface area contributed by atoms with E-state index in [1.165, 1.54) is 0 Å². The van der Waals surface area contributed by atoms with Crippen molar-refractivity contribution in [2.24, 2.45) is 5.92 Å². The summed E-state index contributed by atoms with van der Waals surface area (Å²) in [5.74, 6) is -2.71. The van der Waals surface area contributed by atoms with Crippen LogP contribution in [0.15, 0.2) is 36.8 Å². The van der Waals surface area contributed by atoms with Crippen LogP contribution >= 0.6 is 0 Å². The van der Waals surface area contributed by atoms with Crippen molar-refractivity contribution in [2.45, 2.75) is 30.7 Å². The van der Waals surface area contributed by atoms with Gasteiger partial charge in [0.15, 0.2) is 0 Å². The molecule has 11 nitrogen and oxygen atoms in total. The number of aromatic nitrogens is 3. The highest BCUT2D eigenvalue weighted by Gasteiger charge is 2.50. The lowest BCUT2D eigenvalue weighted by molar-refractivity contribution is -0.193. The molecule has 2 N–H and O–H groups in total. The van der Waals surface area contributed by atoms with Gasteiger partial charge in [-0.3, -0.25) is 4.90 Å². The number of pyridine rings is 1. The van der Waals surface area contributed by atoms with E-state index in [-0.39, 0.29) is 5.54 Å². The fourth-order valence-electron chi connectivity index (χ4n) is 4.00. The average Bonchev–Trinajstić information content (AvgIpc) is 2.87. The number of aliphatic carboxylic acids is 2. The van der Waals surface area contributed by atoms with E-state index in [2.05, 4.69) is 31.8 Å². The zero-order valence-corrected chi connectivity index (χ0v) is 21.3. The molecule has 17 heteroatoms. The number of rotatable bonds is 5. The number of carboxylic acid groups (broad SMARTS) is 2. The van der Waals surface area contributed by atoms with Crippen molar-refractivity contribution in [3.8, 4) is 11.8 Å². The average molecular weight is 583 g/mol. The number of methoxy groups -OCH3 is 1. The van der Waals surface area contributed by atoms with Crippen molar-refractivity contribution in [1.82, 2.24) is 19.9 Å². The summed E-state index contributed by atoms with van der Waals surface area (Å²) in [5.41, 5.74) is 0.203. The molecule has 0 amide bonds. The lowest BCUT2D eigenvalue weighted by Crippen LogP contribution is -2.72. The second-order valence-electron chi connectivity index (χ2n) is 8.86. The Hall–Kier alpha value is -3.89. The Morgan fingerprint density at radius 2 is 1.62 bits per heavy atom. The second-order valence-corrected chi connectivity index (χ2v) is 8.86. The minimum absolute atomic E-state index is 0.203. The first-order valence-electron chi connectivity index (χ1n) is 11.5. The van der Waals surface area contributed by atoms with E-state index in [9.17, 15) is 26.3 Å². The van der Waals surface area contributed by atoms with Gasteiger partial charge in [-0.2, -0.15) is 26.3 Å². The monoisotopic (exact) mass is 583 g/mol. The van der Waals surface area contributed by atoms with Gasteiger partial charge in [-0.15, -0.1) is 0 Å². The van der Waals surface area contributed by atoms with Crippen LogP contribution in [0.2, 0.25) is 0 Å². The van der Waals surface area contributed by atoms with Crippen LogP contribution in [-0.2, 0) is 9.59 Å². The maximum atomic E-state index is 10.6. The molecule has 1 atom stereocenters. The van der Waals surface area contributed by atoms with E-state index < -0.39 is 24.3 Å². The van der Waals surface area contributed by atoms with Crippen molar-refractivity contribution < 1.29 is 55.6 Å². The molecule has 4 heterocycles. The number of nitrogens with zero attached hydrogens (tertiary/aromatic N) is 5. The van der Waals surface area contributed by atoms with Crippen molar-refractivity contribution >= 4 is 17.8 Å².